The zero-order valence-electron chi connectivity index (χ0n) is 5.36. The van der Waals surface area contributed by atoms with Gasteiger partial charge < -0.3 is 0 Å². The molecule has 1 nitrogen and oxygen atoms in total. The SMILES string of the molecule is CCC[PH](C)(C)O. The first kappa shape index (κ1) is 7.39. The first-order chi connectivity index (χ1) is 3.06. The van der Waals surface area contributed by atoms with Gasteiger partial charge in [-0.2, -0.15) is 0 Å². The van der Waals surface area contributed by atoms with E-state index in [1.807, 2.05) is 13.3 Å². The Morgan fingerprint density at radius 3 is 1.86 bits per heavy atom. The van der Waals surface area contributed by atoms with Crippen molar-refractivity contribution in [2.75, 3.05) is 19.5 Å². The van der Waals surface area contributed by atoms with Crippen LogP contribution < -0.4 is 0 Å². The van der Waals surface area contributed by atoms with Crippen LogP contribution in [0.3, 0.4) is 0 Å². The van der Waals surface area contributed by atoms with Gasteiger partial charge in [0.25, 0.3) is 0 Å². The quantitative estimate of drug-likeness (QED) is 0.547. The second-order valence-corrected chi connectivity index (χ2v) is 6.69. The molecule has 0 amide bonds. The van der Waals surface area contributed by atoms with Crippen molar-refractivity contribution in [3.8, 4) is 0 Å². The Bertz CT molecular complexity index is 46.5. The molecule has 0 aromatic rings. The molecule has 0 aliphatic rings. The fraction of sp³-hybridized carbons (Fsp3) is 1.00. The van der Waals surface area contributed by atoms with Gasteiger partial charge in [0.1, 0.15) is 0 Å². The van der Waals surface area contributed by atoms with Gasteiger partial charge in [0.15, 0.2) is 0 Å². The monoisotopic (exact) mass is 122 g/mol. The Hall–Kier alpha value is 0.390. The third kappa shape index (κ3) is 6.39. The molecule has 0 atom stereocenters. The molecule has 0 heterocycles. The van der Waals surface area contributed by atoms with Crippen molar-refractivity contribution >= 4 is 7.49 Å². The molecule has 0 aromatic carbocycles. The molecule has 0 rings (SSSR count). The molecule has 0 aromatic heterocycles. The van der Waals surface area contributed by atoms with Crippen LogP contribution in [0.2, 0.25) is 0 Å². The van der Waals surface area contributed by atoms with E-state index < -0.39 is 7.49 Å². The summed E-state index contributed by atoms with van der Waals surface area (Å²) < 4.78 is 0. The summed E-state index contributed by atoms with van der Waals surface area (Å²) in [5.41, 5.74) is 0. The second kappa shape index (κ2) is 2.64. The molecule has 0 saturated heterocycles. The Morgan fingerprint density at radius 1 is 1.43 bits per heavy atom. The van der Waals surface area contributed by atoms with E-state index in [1.165, 1.54) is 0 Å². The van der Waals surface area contributed by atoms with Crippen LogP contribution in [0.25, 0.3) is 0 Å². The minimum absolute atomic E-state index is 1.03. The predicted octanol–water partition coefficient (Wildman–Crippen LogP) is 1.31. The van der Waals surface area contributed by atoms with Crippen molar-refractivity contribution in [1.29, 1.82) is 0 Å². The third-order valence-corrected chi connectivity index (χ3v) is 2.59. The zero-order chi connectivity index (χ0) is 5.91. The molecule has 0 saturated carbocycles. The van der Waals surface area contributed by atoms with Gasteiger partial charge in [-0.05, 0) is 0 Å². The predicted molar refractivity (Wildman–Crippen MR) is 37.5 cm³/mol. The number of rotatable bonds is 2. The first-order valence-electron chi connectivity index (χ1n) is 2.78. The Kier molecular flexibility index (Phi) is 2.78. The molecule has 0 aliphatic heterocycles. The van der Waals surface area contributed by atoms with E-state index in [0.717, 1.165) is 12.6 Å². The summed E-state index contributed by atoms with van der Waals surface area (Å²) in [5.74, 6) is 0. The van der Waals surface area contributed by atoms with E-state index in [4.69, 9.17) is 4.89 Å². The zero-order valence-corrected chi connectivity index (χ0v) is 6.36. The van der Waals surface area contributed by atoms with E-state index >= 15 is 0 Å². The van der Waals surface area contributed by atoms with Crippen LogP contribution in [0, 0.1) is 0 Å². The molecule has 0 aliphatic carbocycles. The summed E-state index contributed by atoms with van der Waals surface area (Å²) in [6, 6.07) is 0. The first-order valence-corrected chi connectivity index (χ1v) is 5.94. The molecule has 0 fully saturated rings. The van der Waals surface area contributed by atoms with Crippen molar-refractivity contribution in [3.05, 3.63) is 0 Å². The van der Waals surface area contributed by atoms with E-state index in [-0.39, 0.29) is 0 Å². The number of hydrogen-bond acceptors (Lipinski definition) is 1. The van der Waals surface area contributed by atoms with Crippen molar-refractivity contribution < 1.29 is 4.89 Å². The average molecular weight is 122 g/mol. The maximum absolute atomic E-state index is 9.16. The summed E-state index contributed by atoms with van der Waals surface area (Å²) in [6.45, 7) is 6.04. The topological polar surface area (TPSA) is 20.2 Å². The van der Waals surface area contributed by atoms with E-state index in [2.05, 4.69) is 6.92 Å². The Morgan fingerprint density at radius 2 is 1.86 bits per heavy atom. The van der Waals surface area contributed by atoms with Crippen LogP contribution in [0.15, 0.2) is 0 Å². The van der Waals surface area contributed by atoms with Crippen LogP contribution in [0.5, 0.6) is 0 Å². The maximum atomic E-state index is 9.16. The molecule has 0 bridgehead atoms. The molecule has 0 spiro atoms. The van der Waals surface area contributed by atoms with Crippen LogP contribution in [0.4, 0.5) is 0 Å². The van der Waals surface area contributed by atoms with Crippen molar-refractivity contribution in [1.82, 2.24) is 0 Å². The standard InChI is InChI=1S/C5H15OP/c1-4-5-7(2,3)6/h6-7H,4-5H2,1-3H3. The molecular formula is C5H15OP. The van der Waals surface area contributed by atoms with Gasteiger partial charge in [0.2, 0.25) is 0 Å². The van der Waals surface area contributed by atoms with E-state index in [0.29, 0.717) is 0 Å². The minimum atomic E-state index is -1.66. The summed E-state index contributed by atoms with van der Waals surface area (Å²) in [5, 5.41) is 0. The number of hydrogen-bond donors (Lipinski definition) is 1. The Balaban J connectivity index is 3.15. The van der Waals surface area contributed by atoms with Gasteiger partial charge in [0, 0.05) is 0 Å². The van der Waals surface area contributed by atoms with Gasteiger partial charge >= 0.3 is 45.2 Å². The average Bonchev–Trinajstić information content (AvgIpc) is 1.30. The van der Waals surface area contributed by atoms with Gasteiger partial charge in [-0.25, -0.2) is 0 Å². The molecule has 2 heteroatoms. The fourth-order valence-corrected chi connectivity index (χ4v) is 1.84. The molecular weight excluding hydrogens is 107 g/mol. The normalized spacial score (nSPS) is 14.3. The van der Waals surface area contributed by atoms with Crippen LogP contribution in [-0.4, -0.2) is 24.4 Å². The van der Waals surface area contributed by atoms with Crippen molar-refractivity contribution in [2.45, 2.75) is 13.3 Å². The van der Waals surface area contributed by atoms with E-state index in [9.17, 15) is 0 Å². The van der Waals surface area contributed by atoms with Crippen LogP contribution >= 0.6 is 7.49 Å². The van der Waals surface area contributed by atoms with E-state index in [1.54, 1.807) is 0 Å². The molecule has 1 N–H and O–H groups in total. The summed E-state index contributed by atoms with van der Waals surface area (Å²) >= 11 is 0. The Labute approximate surface area is 46.2 Å². The third-order valence-electron chi connectivity index (χ3n) is 0.862. The van der Waals surface area contributed by atoms with Gasteiger partial charge in [-0.15, -0.1) is 0 Å². The summed E-state index contributed by atoms with van der Waals surface area (Å²) in [6.07, 6.45) is 2.16. The summed E-state index contributed by atoms with van der Waals surface area (Å²) in [7, 11) is -1.66. The van der Waals surface area contributed by atoms with Crippen molar-refractivity contribution in [3.63, 3.8) is 0 Å². The molecule has 7 heavy (non-hydrogen) atoms. The second-order valence-electron chi connectivity index (χ2n) is 2.56. The fourth-order valence-electron chi connectivity index (χ4n) is 0.612. The van der Waals surface area contributed by atoms with Crippen LogP contribution in [0.1, 0.15) is 13.3 Å². The van der Waals surface area contributed by atoms with Gasteiger partial charge in [-0.3, -0.25) is 0 Å². The molecule has 46 valence electrons. The molecule has 0 radical (unpaired) electrons. The van der Waals surface area contributed by atoms with Crippen molar-refractivity contribution in [2.24, 2.45) is 0 Å². The summed E-state index contributed by atoms with van der Waals surface area (Å²) in [4.78, 5) is 9.16. The van der Waals surface area contributed by atoms with Crippen LogP contribution in [-0.2, 0) is 0 Å². The molecule has 0 unspecified atom stereocenters. The van der Waals surface area contributed by atoms with Gasteiger partial charge in [0.05, 0.1) is 0 Å². The van der Waals surface area contributed by atoms with Gasteiger partial charge in [-0.1, -0.05) is 0 Å².